The summed E-state index contributed by atoms with van der Waals surface area (Å²) in [6.07, 6.45) is 0. The van der Waals surface area contributed by atoms with Crippen LogP contribution in [0.3, 0.4) is 0 Å². The predicted molar refractivity (Wildman–Crippen MR) is 67.2 cm³/mol. The van der Waals surface area contributed by atoms with E-state index in [2.05, 4.69) is 0 Å². The van der Waals surface area contributed by atoms with Gasteiger partial charge in [0.1, 0.15) is 0 Å². The highest BCUT2D eigenvalue weighted by Crippen LogP contribution is 2.38. The van der Waals surface area contributed by atoms with Gasteiger partial charge in [-0.05, 0) is 17.7 Å². The van der Waals surface area contributed by atoms with E-state index < -0.39 is 0 Å². The summed E-state index contributed by atoms with van der Waals surface area (Å²) in [6, 6.07) is 3.39. The van der Waals surface area contributed by atoms with Crippen LogP contribution in [0.5, 0.6) is 17.2 Å². The molecule has 1 unspecified atom stereocenters. The third kappa shape index (κ3) is 3.51. The second-order valence-electron chi connectivity index (χ2n) is 4.09. The molecule has 0 aliphatic carbocycles. The lowest BCUT2D eigenvalue weighted by molar-refractivity contribution is 0.167. The van der Waals surface area contributed by atoms with Crippen molar-refractivity contribution in [3.63, 3.8) is 0 Å². The Morgan fingerprint density at radius 2 is 1.67 bits per heavy atom. The second kappa shape index (κ2) is 7.08. The van der Waals surface area contributed by atoms with Crippen molar-refractivity contribution >= 4 is 0 Å². The fourth-order valence-electron chi connectivity index (χ4n) is 1.45. The van der Waals surface area contributed by atoms with Gasteiger partial charge in [-0.25, -0.2) is 0 Å². The standard InChI is InChI=1S/C13H20O5/c1-9(6-14)8-18-13-11(16-2)4-10(7-15)5-12(13)17-3/h4-5,9,14-15H,6-8H2,1-3H3. The van der Waals surface area contributed by atoms with Crippen LogP contribution in [-0.4, -0.2) is 37.6 Å². The minimum absolute atomic E-state index is 0.0249. The summed E-state index contributed by atoms with van der Waals surface area (Å²) in [5.74, 6) is 1.52. The van der Waals surface area contributed by atoms with E-state index >= 15 is 0 Å². The van der Waals surface area contributed by atoms with E-state index in [4.69, 9.17) is 24.4 Å². The molecule has 0 bridgehead atoms. The molecule has 1 aromatic rings. The van der Waals surface area contributed by atoms with Crippen LogP contribution < -0.4 is 14.2 Å². The molecule has 18 heavy (non-hydrogen) atoms. The van der Waals surface area contributed by atoms with Crippen molar-refractivity contribution in [3.05, 3.63) is 17.7 Å². The molecule has 5 nitrogen and oxygen atoms in total. The molecule has 0 heterocycles. The molecule has 0 aliphatic heterocycles. The smallest absolute Gasteiger partial charge is 0.203 e. The number of rotatable bonds is 7. The average molecular weight is 256 g/mol. The van der Waals surface area contributed by atoms with Gasteiger partial charge in [0.15, 0.2) is 11.5 Å². The summed E-state index contributed by atoms with van der Waals surface area (Å²) >= 11 is 0. The lowest BCUT2D eigenvalue weighted by Gasteiger charge is -2.17. The molecule has 0 aliphatic rings. The fraction of sp³-hybridized carbons (Fsp3) is 0.538. The first-order chi connectivity index (χ1) is 8.65. The van der Waals surface area contributed by atoms with Crippen LogP contribution in [-0.2, 0) is 6.61 Å². The Labute approximate surface area is 107 Å². The Morgan fingerprint density at radius 3 is 2.06 bits per heavy atom. The summed E-state index contributed by atoms with van der Waals surface area (Å²) in [4.78, 5) is 0. The molecule has 0 aromatic heterocycles. The quantitative estimate of drug-likeness (QED) is 0.767. The van der Waals surface area contributed by atoms with E-state index in [1.807, 2.05) is 6.92 Å². The zero-order valence-corrected chi connectivity index (χ0v) is 11.0. The van der Waals surface area contributed by atoms with Gasteiger partial charge < -0.3 is 24.4 Å². The molecule has 0 fully saturated rings. The molecule has 1 rings (SSSR count). The van der Waals surface area contributed by atoms with Crippen LogP contribution in [0.4, 0.5) is 0 Å². The van der Waals surface area contributed by atoms with Gasteiger partial charge in [0.05, 0.1) is 27.4 Å². The summed E-state index contributed by atoms with van der Waals surface area (Å²) in [7, 11) is 3.05. The summed E-state index contributed by atoms with van der Waals surface area (Å²) in [5, 5.41) is 18.1. The highest BCUT2D eigenvalue weighted by Gasteiger charge is 2.15. The van der Waals surface area contributed by atoms with Crippen LogP contribution in [0, 0.1) is 5.92 Å². The summed E-state index contributed by atoms with van der Waals surface area (Å²) in [5.41, 5.74) is 0.686. The van der Waals surface area contributed by atoms with E-state index in [1.165, 1.54) is 14.2 Å². The zero-order valence-electron chi connectivity index (χ0n) is 11.0. The molecule has 0 spiro atoms. The van der Waals surface area contributed by atoms with Gasteiger partial charge in [0.25, 0.3) is 0 Å². The monoisotopic (exact) mass is 256 g/mol. The molecule has 1 aromatic carbocycles. The zero-order chi connectivity index (χ0) is 13.5. The lowest BCUT2D eigenvalue weighted by Crippen LogP contribution is -2.13. The third-order valence-corrected chi connectivity index (χ3v) is 2.53. The summed E-state index contributed by atoms with van der Waals surface area (Å²) < 4.78 is 16.0. The van der Waals surface area contributed by atoms with Gasteiger partial charge in [0.2, 0.25) is 5.75 Å². The average Bonchev–Trinajstić information content (AvgIpc) is 2.43. The molecule has 0 saturated carbocycles. The number of aliphatic hydroxyl groups is 2. The number of methoxy groups -OCH3 is 2. The Hall–Kier alpha value is -1.46. The SMILES string of the molecule is COc1cc(CO)cc(OC)c1OCC(C)CO. The second-order valence-corrected chi connectivity index (χ2v) is 4.09. The van der Waals surface area contributed by atoms with Gasteiger partial charge in [-0.15, -0.1) is 0 Å². The minimum Gasteiger partial charge on any atom is -0.493 e. The first-order valence-electron chi connectivity index (χ1n) is 5.75. The van der Waals surface area contributed by atoms with E-state index in [0.717, 1.165) is 0 Å². The van der Waals surface area contributed by atoms with Gasteiger partial charge in [-0.1, -0.05) is 6.92 Å². The molecule has 0 amide bonds. The van der Waals surface area contributed by atoms with Crippen molar-refractivity contribution < 1.29 is 24.4 Å². The predicted octanol–water partition coefficient (Wildman–Crippen LogP) is 1.20. The highest BCUT2D eigenvalue weighted by atomic mass is 16.5. The van der Waals surface area contributed by atoms with Crippen LogP contribution >= 0.6 is 0 Å². The van der Waals surface area contributed by atoms with Crippen LogP contribution in [0.1, 0.15) is 12.5 Å². The number of ether oxygens (including phenoxy) is 3. The van der Waals surface area contributed by atoms with Crippen LogP contribution in [0.2, 0.25) is 0 Å². The number of aliphatic hydroxyl groups excluding tert-OH is 2. The van der Waals surface area contributed by atoms with Crippen molar-refractivity contribution in [2.75, 3.05) is 27.4 Å². The maximum atomic E-state index is 9.14. The molecule has 5 heteroatoms. The van der Waals surface area contributed by atoms with E-state index in [0.29, 0.717) is 29.4 Å². The fourth-order valence-corrected chi connectivity index (χ4v) is 1.45. The maximum absolute atomic E-state index is 9.14. The molecule has 0 saturated heterocycles. The van der Waals surface area contributed by atoms with Gasteiger partial charge >= 0.3 is 0 Å². The highest BCUT2D eigenvalue weighted by molar-refractivity contribution is 5.53. The lowest BCUT2D eigenvalue weighted by atomic mass is 10.2. The number of hydrogen-bond acceptors (Lipinski definition) is 5. The Balaban J connectivity index is 2.99. The van der Waals surface area contributed by atoms with Gasteiger partial charge in [-0.3, -0.25) is 0 Å². The molecule has 0 radical (unpaired) electrons. The Kier molecular flexibility index (Phi) is 5.74. The first-order valence-corrected chi connectivity index (χ1v) is 5.75. The van der Waals surface area contributed by atoms with Crippen molar-refractivity contribution in [2.24, 2.45) is 5.92 Å². The van der Waals surface area contributed by atoms with Crippen molar-refractivity contribution in [1.82, 2.24) is 0 Å². The molecule has 1 atom stereocenters. The van der Waals surface area contributed by atoms with Crippen molar-refractivity contribution in [1.29, 1.82) is 0 Å². The third-order valence-electron chi connectivity index (χ3n) is 2.53. The van der Waals surface area contributed by atoms with Crippen LogP contribution in [0.15, 0.2) is 12.1 Å². The Morgan fingerprint density at radius 1 is 1.11 bits per heavy atom. The summed E-state index contributed by atoms with van der Waals surface area (Å²) in [6.45, 7) is 2.20. The topological polar surface area (TPSA) is 68.2 Å². The van der Waals surface area contributed by atoms with Gasteiger partial charge in [0, 0.05) is 12.5 Å². The maximum Gasteiger partial charge on any atom is 0.203 e. The molecule has 2 N–H and O–H groups in total. The van der Waals surface area contributed by atoms with E-state index in [-0.39, 0.29) is 19.1 Å². The minimum atomic E-state index is -0.0972. The van der Waals surface area contributed by atoms with E-state index in [1.54, 1.807) is 12.1 Å². The van der Waals surface area contributed by atoms with Crippen molar-refractivity contribution in [2.45, 2.75) is 13.5 Å². The first kappa shape index (κ1) is 14.6. The molecule has 102 valence electrons. The normalized spacial score (nSPS) is 12.1. The van der Waals surface area contributed by atoms with Gasteiger partial charge in [-0.2, -0.15) is 0 Å². The largest absolute Gasteiger partial charge is 0.493 e. The number of hydrogen-bond donors (Lipinski definition) is 2. The number of benzene rings is 1. The van der Waals surface area contributed by atoms with Crippen LogP contribution in [0.25, 0.3) is 0 Å². The Bertz CT molecular complexity index is 353. The molecular weight excluding hydrogens is 236 g/mol. The van der Waals surface area contributed by atoms with E-state index in [9.17, 15) is 0 Å². The van der Waals surface area contributed by atoms with Crippen molar-refractivity contribution in [3.8, 4) is 17.2 Å². The molecular formula is C13H20O5.